The molecule has 124 valence electrons. The van der Waals surface area contributed by atoms with Crippen LogP contribution in [0.1, 0.15) is 29.3 Å². The highest BCUT2D eigenvalue weighted by Crippen LogP contribution is 2.22. The van der Waals surface area contributed by atoms with Crippen LogP contribution < -0.4 is 9.47 Å². The number of halogens is 1. The minimum Gasteiger partial charge on any atom is -0.494 e. The molecule has 0 atom stereocenters. The number of hydrogen-bond donors (Lipinski definition) is 0. The summed E-state index contributed by atoms with van der Waals surface area (Å²) in [5, 5.41) is -2.13. The largest absolute Gasteiger partial charge is 0.494 e. The van der Waals surface area contributed by atoms with E-state index in [0.29, 0.717) is 23.4 Å². The number of fused-ring (bicyclic) bond motifs is 1. The first kappa shape index (κ1) is 9.42. The Morgan fingerprint density at radius 2 is 1.79 bits per heavy atom. The van der Waals surface area contributed by atoms with Crippen LogP contribution in [0.4, 0.5) is 0 Å². The third-order valence-corrected chi connectivity index (χ3v) is 3.40. The Kier molecular flexibility index (Phi) is 3.41. The van der Waals surface area contributed by atoms with Crippen molar-refractivity contribution < 1.29 is 20.4 Å². The van der Waals surface area contributed by atoms with Gasteiger partial charge in [0.15, 0.2) is 0 Å². The molecule has 0 fully saturated rings. The Morgan fingerprint density at radius 3 is 2.62 bits per heavy atom. The predicted molar refractivity (Wildman–Crippen MR) is 101 cm³/mol. The number of pyridine rings is 1. The van der Waals surface area contributed by atoms with Crippen LogP contribution in [0.2, 0.25) is 0 Å². The Bertz CT molecular complexity index is 1090. The number of aromatic nitrogens is 1. The van der Waals surface area contributed by atoms with E-state index in [1.54, 1.807) is 18.2 Å². The third-order valence-electron chi connectivity index (χ3n) is 3.20. The van der Waals surface area contributed by atoms with E-state index in [0.717, 1.165) is 5.56 Å². The van der Waals surface area contributed by atoms with Gasteiger partial charge in [0.05, 0.1) is 14.8 Å². The molecule has 0 aliphatic heterocycles. The van der Waals surface area contributed by atoms with Gasteiger partial charge in [-0.05, 0) is 36.5 Å². The van der Waals surface area contributed by atoms with E-state index in [2.05, 4.69) is 20.9 Å². The van der Waals surface area contributed by atoms with Gasteiger partial charge in [-0.2, -0.15) is 0 Å². The minimum atomic E-state index is -3.35. The number of rotatable bonds is 8. The normalized spacial score (nSPS) is 18.0. The standard InChI is InChI=1S/C20H20BrNO2/c21-12-4-5-13-23-18-10-8-17-9-11-20(22-19(17)14-18)24-15-16-6-2-1-3-7-16/h1-3,6-11,14H,4-5,12-13,15H2/i4D2,5D2,12D2,13D2. The van der Waals surface area contributed by atoms with E-state index in [4.69, 9.17) is 20.4 Å². The minimum absolute atomic E-state index is 0.0926. The molecule has 0 radical (unpaired) electrons. The summed E-state index contributed by atoms with van der Waals surface area (Å²) in [6.45, 7) is -2.89. The molecule has 3 nitrogen and oxygen atoms in total. The first-order valence-electron chi connectivity index (χ1n) is 11.2. The Hall–Kier alpha value is -2.07. The van der Waals surface area contributed by atoms with E-state index in [1.807, 2.05) is 30.3 Å². The number of ether oxygens (including phenoxy) is 2. The molecule has 0 bridgehead atoms. The molecular formula is C20H20BrNO2. The lowest BCUT2D eigenvalue weighted by Crippen LogP contribution is -1.99. The molecule has 3 rings (SSSR count). The second-order valence-electron chi connectivity index (χ2n) is 4.83. The topological polar surface area (TPSA) is 31.4 Å². The molecule has 0 N–H and O–H groups in total. The van der Waals surface area contributed by atoms with Crippen molar-refractivity contribution in [2.75, 3.05) is 11.8 Å². The smallest absolute Gasteiger partial charge is 0.214 e. The average Bonchev–Trinajstić information content (AvgIpc) is 2.71. The molecule has 2 aromatic carbocycles. The van der Waals surface area contributed by atoms with Gasteiger partial charge in [-0.15, -0.1) is 0 Å². The summed E-state index contributed by atoms with van der Waals surface area (Å²) < 4.78 is 73.4. The van der Waals surface area contributed by atoms with Crippen molar-refractivity contribution >= 4 is 26.8 Å². The van der Waals surface area contributed by atoms with Gasteiger partial charge in [0.25, 0.3) is 0 Å². The van der Waals surface area contributed by atoms with Crippen molar-refractivity contribution in [3.8, 4) is 11.6 Å². The van der Waals surface area contributed by atoms with Crippen LogP contribution in [-0.2, 0) is 6.61 Å². The molecule has 0 amide bonds. The maximum absolute atomic E-state index is 8.01. The van der Waals surface area contributed by atoms with E-state index in [-0.39, 0.29) is 5.75 Å². The molecule has 0 unspecified atom stereocenters. The molecule has 3 aromatic rings. The highest BCUT2D eigenvalue weighted by atomic mass is 79.9. The SMILES string of the molecule is [2H]C([2H])(Br)C([2H])([2H])C([2H])([2H])C([2H])([2H])Oc1ccc2ccc(OCc3ccccc3)nc2c1. The molecule has 4 heteroatoms. The molecular weight excluding hydrogens is 366 g/mol. The van der Waals surface area contributed by atoms with Crippen molar-refractivity contribution in [3.05, 3.63) is 66.2 Å². The second kappa shape index (κ2) is 8.69. The maximum Gasteiger partial charge on any atom is 0.214 e. The monoisotopic (exact) mass is 393 g/mol. The van der Waals surface area contributed by atoms with Gasteiger partial charge < -0.3 is 9.47 Å². The first-order valence-corrected chi connectivity index (χ1v) is 7.99. The molecule has 1 aromatic heterocycles. The van der Waals surface area contributed by atoms with Crippen molar-refractivity contribution in [1.82, 2.24) is 4.98 Å². The van der Waals surface area contributed by atoms with E-state index in [9.17, 15) is 0 Å². The number of nitrogens with zero attached hydrogens (tertiary/aromatic N) is 1. The van der Waals surface area contributed by atoms with Gasteiger partial charge in [-0.1, -0.05) is 46.3 Å². The van der Waals surface area contributed by atoms with E-state index < -0.39 is 24.6 Å². The lowest BCUT2D eigenvalue weighted by molar-refractivity contribution is 0.295. The summed E-state index contributed by atoms with van der Waals surface area (Å²) in [5.41, 5.74) is 1.37. The first-order chi connectivity index (χ1) is 14.7. The fraction of sp³-hybridized carbons (Fsp3) is 0.250. The molecule has 0 aliphatic carbocycles. The molecule has 24 heavy (non-hydrogen) atoms. The van der Waals surface area contributed by atoms with Gasteiger partial charge in [-0.3, -0.25) is 0 Å². The zero-order chi connectivity index (χ0) is 23.8. The van der Waals surface area contributed by atoms with Gasteiger partial charge >= 0.3 is 0 Å². The summed E-state index contributed by atoms with van der Waals surface area (Å²) in [6.07, 6.45) is -6.60. The lowest BCUT2D eigenvalue weighted by Gasteiger charge is -2.09. The van der Waals surface area contributed by atoms with Crippen LogP contribution in [0.3, 0.4) is 0 Å². The molecule has 0 saturated heterocycles. The fourth-order valence-electron chi connectivity index (χ4n) is 2.09. The molecule has 0 saturated carbocycles. The highest BCUT2D eigenvalue weighted by molar-refractivity contribution is 9.09. The van der Waals surface area contributed by atoms with E-state index in [1.165, 1.54) is 12.1 Å². The van der Waals surface area contributed by atoms with Crippen LogP contribution >= 0.6 is 15.9 Å². The average molecular weight is 394 g/mol. The van der Waals surface area contributed by atoms with Gasteiger partial charge in [0.1, 0.15) is 12.4 Å². The number of hydrogen-bond acceptors (Lipinski definition) is 3. The highest BCUT2D eigenvalue weighted by Gasteiger charge is 2.03. The number of alkyl halides is 1. The van der Waals surface area contributed by atoms with Crippen LogP contribution in [0, 0.1) is 0 Å². The van der Waals surface area contributed by atoms with Crippen molar-refractivity contribution in [2.24, 2.45) is 0 Å². The quantitative estimate of drug-likeness (QED) is 0.482. The van der Waals surface area contributed by atoms with Gasteiger partial charge in [0, 0.05) is 31.0 Å². The summed E-state index contributed by atoms with van der Waals surface area (Å²) in [6, 6.07) is 17.4. The summed E-state index contributed by atoms with van der Waals surface area (Å²) >= 11 is 2.46. The third kappa shape index (κ3) is 4.71. The van der Waals surface area contributed by atoms with Crippen molar-refractivity contribution in [1.29, 1.82) is 0 Å². The Morgan fingerprint density at radius 1 is 0.958 bits per heavy atom. The number of benzene rings is 2. The van der Waals surface area contributed by atoms with Gasteiger partial charge in [0.2, 0.25) is 5.88 Å². The maximum atomic E-state index is 8.01. The summed E-state index contributed by atoms with van der Waals surface area (Å²) in [4.78, 5) is 4.37. The lowest BCUT2D eigenvalue weighted by atomic mass is 10.2. The summed E-state index contributed by atoms with van der Waals surface area (Å²) in [7, 11) is 0. The van der Waals surface area contributed by atoms with Crippen LogP contribution in [0.25, 0.3) is 10.9 Å². The molecule has 0 spiro atoms. The molecule has 1 heterocycles. The van der Waals surface area contributed by atoms with Crippen LogP contribution in [0.15, 0.2) is 60.7 Å². The second-order valence-corrected chi connectivity index (χ2v) is 5.22. The van der Waals surface area contributed by atoms with Crippen molar-refractivity contribution in [3.63, 3.8) is 0 Å². The summed E-state index contributed by atoms with van der Waals surface area (Å²) in [5.74, 6) is 0.241. The Labute approximate surface area is 162 Å². The Balaban J connectivity index is 1.84. The van der Waals surface area contributed by atoms with Crippen LogP contribution in [-0.4, -0.2) is 16.8 Å². The zero-order valence-corrected chi connectivity index (χ0v) is 14.2. The van der Waals surface area contributed by atoms with E-state index >= 15 is 0 Å². The molecule has 0 aliphatic rings. The van der Waals surface area contributed by atoms with Gasteiger partial charge in [-0.25, -0.2) is 4.98 Å². The predicted octanol–water partition coefficient (Wildman–Crippen LogP) is 5.37. The zero-order valence-electron chi connectivity index (χ0n) is 20.6. The van der Waals surface area contributed by atoms with Crippen LogP contribution in [0.5, 0.6) is 11.6 Å². The fourth-order valence-corrected chi connectivity index (χ4v) is 2.19. The van der Waals surface area contributed by atoms with Crippen molar-refractivity contribution in [2.45, 2.75) is 19.4 Å².